The van der Waals surface area contributed by atoms with Crippen molar-refractivity contribution in [3.05, 3.63) is 65.5 Å². The highest BCUT2D eigenvalue weighted by molar-refractivity contribution is 5.84. The van der Waals surface area contributed by atoms with Gasteiger partial charge in [-0.2, -0.15) is 0 Å². The van der Waals surface area contributed by atoms with Gasteiger partial charge in [-0.1, -0.05) is 36.4 Å². The van der Waals surface area contributed by atoms with Gasteiger partial charge in [0.2, 0.25) is 0 Å². The van der Waals surface area contributed by atoms with E-state index in [1.54, 1.807) is 12.1 Å². The molecule has 0 aromatic heterocycles. The minimum atomic E-state index is -0.663. The Hall–Kier alpha value is -2.44. The molecule has 3 rings (SSSR count). The monoisotopic (exact) mass is 345 g/mol. The average Bonchev–Trinajstić information content (AvgIpc) is 3.34. The second-order valence-electron chi connectivity index (χ2n) is 6.14. The number of benzene rings is 2. The summed E-state index contributed by atoms with van der Waals surface area (Å²) >= 11 is 0. The number of carbonyl (C=O) groups is 1. The van der Waals surface area contributed by atoms with Crippen LogP contribution in [0, 0.1) is 17.7 Å². The van der Waals surface area contributed by atoms with Crippen molar-refractivity contribution in [2.75, 3.05) is 18.5 Å². The highest BCUT2D eigenvalue weighted by Gasteiger charge is 2.50. The summed E-state index contributed by atoms with van der Waals surface area (Å²) in [6.07, 6.45) is -0.663. The maximum absolute atomic E-state index is 14.3. The molecule has 0 bridgehead atoms. The predicted molar refractivity (Wildman–Crippen MR) is 90.5 cm³/mol. The van der Waals surface area contributed by atoms with Gasteiger partial charge < -0.3 is 14.9 Å². The molecule has 2 aromatic carbocycles. The third kappa shape index (κ3) is 3.97. The lowest BCUT2D eigenvalue weighted by atomic mass is 10.1. The minimum Gasteiger partial charge on any atom is -0.444 e. The zero-order valence-electron chi connectivity index (χ0n) is 13.6. The lowest BCUT2D eigenvalue weighted by molar-refractivity contribution is 0.155. The van der Waals surface area contributed by atoms with Gasteiger partial charge in [-0.05, 0) is 41.0 Å². The highest BCUT2D eigenvalue weighted by Crippen LogP contribution is 2.54. The normalized spacial score (nSPS) is 21.6. The van der Waals surface area contributed by atoms with Crippen molar-refractivity contribution in [2.24, 2.45) is 11.8 Å². The van der Waals surface area contributed by atoms with Crippen LogP contribution in [0.1, 0.15) is 17.0 Å². The van der Waals surface area contributed by atoms with Crippen LogP contribution in [0.25, 0.3) is 0 Å². The molecule has 25 heavy (non-hydrogen) atoms. The van der Waals surface area contributed by atoms with Gasteiger partial charge in [0, 0.05) is 18.9 Å². The molecule has 0 aliphatic heterocycles. The second-order valence-corrected chi connectivity index (χ2v) is 6.14. The molecule has 1 aliphatic rings. The number of nitrogens with one attached hydrogen (secondary N) is 1. The number of ether oxygens (including phenoxy) is 1. The fourth-order valence-corrected chi connectivity index (χ4v) is 3.16. The van der Waals surface area contributed by atoms with Crippen LogP contribution in [0.2, 0.25) is 0 Å². The number of hydrogen-bond donors (Lipinski definition) is 3. The van der Waals surface area contributed by atoms with Crippen LogP contribution < -0.4 is 5.32 Å². The van der Waals surface area contributed by atoms with Crippen molar-refractivity contribution < 1.29 is 24.1 Å². The van der Waals surface area contributed by atoms with E-state index in [9.17, 15) is 19.4 Å². The molecule has 0 unspecified atom stereocenters. The summed E-state index contributed by atoms with van der Waals surface area (Å²) in [5, 5.41) is 21.0. The van der Waals surface area contributed by atoms with Crippen molar-refractivity contribution >= 4 is 11.8 Å². The topological polar surface area (TPSA) is 78.8 Å². The number of carbonyl (C=O) groups excluding carboxylic acids is 1. The van der Waals surface area contributed by atoms with E-state index in [2.05, 4.69) is 5.32 Å². The number of rotatable bonds is 6. The lowest BCUT2D eigenvalue weighted by Gasteiger charge is -2.09. The summed E-state index contributed by atoms with van der Waals surface area (Å²) in [4.78, 5) is 11.8. The Kier molecular flexibility index (Phi) is 5.31. The van der Waals surface area contributed by atoms with Crippen molar-refractivity contribution in [2.45, 2.75) is 12.5 Å². The molecule has 2 aromatic rings. The Balaban J connectivity index is 1.58. The number of hydrogen-bond acceptors (Lipinski definition) is 4. The van der Waals surface area contributed by atoms with Gasteiger partial charge >= 0.3 is 6.09 Å². The first-order valence-corrected chi connectivity index (χ1v) is 8.13. The first-order chi connectivity index (χ1) is 12.1. The third-order valence-electron chi connectivity index (χ3n) is 4.57. The second kappa shape index (κ2) is 7.63. The fourth-order valence-electron chi connectivity index (χ4n) is 3.16. The molecule has 1 amide bonds. The Morgan fingerprint density at radius 1 is 1.08 bits per heavy atom. The Bertz CT molecular complexity index is 727. The Morgan fingerprint density at radius 3 is 2.36 bits per heavy atom. The predicted octanol–water partition coefficient (Wildman–Crippen LogP) is 2.89. The molecule has 3 atom stereocenters. The maximum atomic E-state index is 14.3. The van der Waals surface area contributed by atoms with Gasteiger partial charge in [0.25, 0.3) is 0 Å². The van der Waals surface area contributed by atoms with E-state index in [1.165, 1.54) is 6.07 Å². The molecule has 0 saturated heterocycles. The first kappa shape index (κ1) is 17.4. The molecule has 6 heteroatoms. The van der Waals surface area contributed by atoms with Crippen LogP contribution in [-0.2, 0) is 11.3 Å². The van der Waals surface area contributed by atoms with Crippen LogP contribution in [0.15, 0.2) is 48.5 Å². The van der Waals surface area contributed by atoms with Gasteiger partial charge in [-0.15, -0.1) is 0 Å². The van der Waals surface area contributed by atoms with E-state index >= 15 is 0 Å². The molecule has 3 N–H and O–H groups in total. The van der Waals surface area contributed by atoms with E-state index in [0.717, 1.165) is 5.56 Å². The zero-order valence-corrected chi connectivity index (χ0v) is 13.6. The number of halogens is 1. The van der Waals surface area contributed by atoms with Gasteiger partial charge in [-0.3, -0.25) is 5.32 Å². The van der Waals surface area contributed by atoms with Gasteiger partial charge in [0.1, 0.15) is 12.4 Å². The quantitative estimate of drug-likeness (QED) is 0.752. The largest absolute Gasteiger partial charge is 0.444 e. The lowest BCUT2D eigenvalue weighted by Crippen LogP contribution is -2.13. The number of amides is 1. The van der Waals surface area contributed by atoms with Crippen molar-refractivity contribution in [3.8, 4) is 0 Å². The molecule has 1 fully saturated rings. The molecule has 0 heterocycles. The molecule has 1 saturated carbocycles. The Labute approximate surface area is 145 Å². The van der Waals surface area contributed by atoms with Crippen molar-refractivity contribution in [1.82, 2.24) is 0 Å². The number of aliphatic hydroxyl groups excluding tert-OH is 2. The van der Waals surface area contributed by atoms with Crippen LogP contribution in [0.4, 0.5) is 14.9 Å². The van der Waals surface area contributed by atoms with E-state index in [1.807, 2.05) is 30.3 Å². The summed E-state index contributed by atoms with van der Waals surface area (Å²) in [5.74, 6) is -0.891. The van der Waals surface area contributed by atoms with Crippen LogP contribution in [0.3, 0.4) is 0 Å². The molecular formula is C19H20FNO4. The summed E-state index contributed by atoms with van der Waals surface area (Å²) in [6, 6.07) is 13.6. The molecular weight excluding hydrogens is 325 g/mol. The van der Waals surface area contributed by atoms with Crippen molar-refractivity contribution in [1.29, 1.82) is 0 Å². The Morgan fingerprint density at radius 2 is 1.76 bits per heavy atom. The number of anilines is 1. The standard InChI is InChI=1S/C19H20FNO4/c20-17-8-13(6-7-14(17)18-15(9-22)16(18)10-23)21-19(24)25-11-12-4-2-1-3-5-12/h1-8,15-16,18,22-23H,9-11H2,(H,21,24)/t15-,16+,18+. The van der Waals surface area contributed by atoms with Crippen molar-refractivity contribution in [3.63, 3.8) is 0 Å². The summed E-state index contributed by atoms with van der Waals surface area (Å²) < 4.78 is 19.4. The van der Waals surface area contributed by atoms with E-state index in [-0.39, 0.29) is 37.6 Å². The van der Waals surface area contributed by atoms with Gasteiger partial charge in [0.15, 0.2) is 0 Å². The molecule has 0 spiro atoms. The first-order valence-electron chi connectivity index (χ1n) is 8.13. The minimum absolute atomic E-state index is 0.0822. The van der Waals surface area contributed by atoms with E-state index < -0.39 is 11.9 Å². The molecule has 5 nitrogen and oxygen atoms in total. The zero-order chi connectivity index (χ0) is 17.8. The third-order valence-corrected chi connectivity index (χ3v) is 4.57. The fraction of sp³-hybridized carbons (Fsp3) is 0.316. The summed E-state index contributed by atoms with van der Waals surface area (Å²) in [6.45, 7) is -0.0338. The van der Waals surface area contributed by atoms with Crippen LogP contribution in [0.5, 0.6) is 0 Å². The summed E-state index contributed by atoms with van der Waals surface area (Å²) in [7, 11) is 0. The summed E-state index contributed by atoms with van der Waals surface area (Å²) in [5.41, 5.74) is 1.60. The van der Waals surface area contributed by atoms with Gasteiger partial charge in [-0.25, -0.2) is 9.18 Å². The van der Waals surface area contributed by atoms with E-state index in [0.29, 0.717) is 11.3 Å². The number of aliphatic hydroxyl groups is 2. The smallest absolute Gasteiger partial charge is 0.411 e. The van der Waals surface area contributed by atoms with Crippen LogP contribution >= 0.6 is 0 Å². The SMILES string of the molecule is O=C(Nc1ccc([C@H]2[C@H](CO)[C@@H]2CO)c(F)c1)OCc1ccccc1. The van der Waals surface area contributed by atoms with E-state index in [4.69, 9.17) is 4.74 Å². The highest BCUT2D eigenvalue weighted by atomic mass is 19.1. The molecule has 132 valence electrons. The van der Waals surface area contributed by atoms with Gasteiger partial charge in [0.05, 0.1) is 0 Å². The van der Waals surface area contributed by atoms with Crippen LogP contribution in [-0.4, -0.2) is 29.5 Å². The molecule has 0 radical (unpaired) electrons. The maximum Gasteiger partial charge on any atom is 0.411 e. The molecule has 1 aliphatic carbocycles. The average molecular weight is 345 g/mol.